The maximum Gasteiger partial charge on any atom is 0.264 e. The van der Waals surface area contributed by atoms with Crippen LogP contribution in [0, 0.1) is 0 Å². The van der Waals surface area contributed by atoms with Gasteiger partial charge in [0, 0.05) is 6.42 Å². The number of hydrogen-bond acceptors (Lipinski definition) is 1. The van der Waals surface area contributed by atoms with Gasteiger partial charge < -0.3 is 12.4 Å². The van der Waals surface area contributed by atoms with Gasteiger partial charge in [-0.25, -0.2) is 10.0 Å². The summed E-state index contributed by atoms with van der Waals surface area (Å²) in [7, 11) is 4.08. The molecule has 0 rings (SSSR count). The fourth-order valence-corrected chi connectivity index (χ4v) is 1.90. The van der Waals surface area contributed by atoms with Gasteiger partial charge >= 0.3 is 0 Å². The summed E-state index contributed by atoms with van der Waals surface area (Å²) in [6, 6.07) is 0. The van der Waals surface area contributed by atoms with Crippen LogP contribution in [0.5, 0.6) is 0 Å². The summed E-state index contributed by atoms with van der Waals surface area (Å²) in [4.78, 5) is 11.6. The molecule has 0 aliphatic heterocycles. The van der Waals surface area contributed by atoms with Crippen LogP contribution < -0.4 is 17.8 Å². The predicted molar refractivity (Wildman–Crippen MR) is 68.8 cm³/mol. The Hall–Kier alpha value is -0.280. The van der Waals surface area contributed by atoms with Crippen LogP contribution in [0.3, 0.4) is 0 Å². The molecule has 104 valence electrons. The lowest BCUT2D eigenvalue weighted by Gasteiger charge is -2.28. The molecular weight excluding hydrogens is 236 g/mol. The molecule has 0 aromatic carbocycles. The molecule has 1 N–H and O–H groups in total. The summed E-state index contributed by atoms with van der Waals surface area (Å²) in [6.45, 7) is 5.33. The minimum absolute atomic E-state index is 0. The Bertz CT molecular complexity index is 196. The smallest absolute Gasteiger partial charge is 0.264 e. The topological polar surface area (TPSA) is 29.1 Å². The zero-order valence-electron chi connectivity index (χ0n) is 11.9. The van der Waals surface area contributed by atoms with Crippen molar-refractivity contribution in [3.05, 3.63) is 0 Å². The Morgan fingerprint density at radius 1 is 1.00 bits per heavy atom. The van der Waals surface area contributed by atoms with Crippen molar-refractivity contribution in [2.75, 3.05) is 20.6 Å². The molecule has 4 heteroatoms. The molecule has 0 aromatic rings. The van der Waals surface area contributed by atoms with Crippen LogP contribution in [0.2, 0.25) is 0 Å². The number of unbranched alkanes of at least 4 members (excludes halogenated alkanes) is 4. The summed E-state index contributed by atoms with van der Waals surface area (Å²) >= 11 is 0. The van der Waals surface area contributed by atoms with E-state index in [9.17, 15) is 4.79 Å². The Morgan fingerprint density at radius 3 is 2.12 bits per heavy atom. The second-order valence-electron chi connectivity index (χ2n) is 5.11. The Labute approximate surface area is 113 Å². The number of quaternary nitrogens is 1. The first-order valence-electron chi connectivity index (χ1n) is 6.66. The highest BCUT2D eigenvalue weighted by Gasteiger charge is 2.16. The van der Waals surface area contributed by atoms with Crippen LogP contribution in [0.25, 0.3) is 0 Å². The molecule has 1 amide bonds. The van der Waals surface area contributed by atoms with Gasteiger partial charge in [-0.3, -0.25) is 4.79 Å². The molecule has 0 heterocycles. The maximum atomic E-state index is 11.6. The maximum absolute atomic E-state index is 11.6. The van der Waals surface area contributed by atoms with Crippen molar-refractivity contribution >= 4 is 5.91 Å². The molecule has 0 fully saturated rings. The third kappa shape index (κ3) is 12.0. The van der Waals surface area contributed by atoms with Gasteiger partial charge in [0.25, 0.3) is 5.91 Å². The largest absolute Gasteiger partial charge is 1.00 e. The molecular formula is C13H29ClN2O. The van der Waals surface area contributed by atoms with E-state index >= 15 is 0 Å². The fraction of sp³-hybridized carbons (Fsp3) is 0.923. The van der Waals surface area contributed by atoms with Gasteiger partial charge in [-0.1, -0.05) is 39.5 Å². The summed E-state index contributed by atoms with van der Waals surface area (Å²) in [6.07, 6.45) is 7.78. The number of hydrogen-bond donors (Lipinski definition) is 1. The monoisotopic (exact) mass is 264 g/mol. The minimum atomic E-state index is 0. The average Bonchev–Trinajstić information content (AvgIpc) is 2.16. The number of nitrogens with zero attached hydrogens (tertiary/aromatic N) is 1. The second-order valence-corrected chi connectivity index (χ2v) is 5.11. The lowest BCUT2D eigenvalue weighted by molar-refractivity contribution is -0.925. The fourth-order valence-electron chi connectivity index (χ4n) is 1.90. The number of halogens is 1. The number of nitrogens with one attached hydrogen (secondary N) is 1. The Balaban J connectivity index is 0. The zero-order valence-corrected chi connectivity index (χ0v) is 12.6. The van der Waals surface area contributed by atoms with E-state index in [0.29, 0.717) is 11.0 Å². The minimum Gasteiger partial charge on any atom is -1.00 e. The first kappa shape index (κ1) is 19.1. The Kier molecular flexibility index (Phi) is 12.2. The highest BCUT2D eigenvalue weighted by atomic mass is 35.5. The first-order valence-corrected chi connectivity index (χ1v) is 6.66. The molecule has 0 atom stereocenters. The van der Waals surface area contributed by atoms with Gasteiger partial charge in [0.2, 0.25) is 0 Å². The summed E-state index contributed by atoms with van der Waals surface area (Å²) in [5.41, 5.74) is 3.05. The Morgan fingerprint density at radius 2 is 1.59 bits per heavy atom. The lowest BCUT2D eigenvalue weighted by atomic mass is 10.1. The number of rotatable bonds is 9. The average molecular weight is 265 g/mol. The summed E-state index contributed by atoms with van der Waals surface area (Å²) in [5.74, 6) is 0.190. The molecule has 0 radical (unpaired) electrons. The molecule has 0 bridgehead atoms. The van der Waals surface area contributed by atoms with Gasteiger partial charge in [0.05, 0.1) is 14.1 Å². The molecule has 0 aromatic heterocycles. The van der Waals surface area contributed by atoms with Crippen LogP contribution in [0.4, 0.5) is 0 Å². The standard InChI is InChI=1S/C13H28N2O.ClH/c1-5-7-8-9-10-11-13(16)14-15(3,4)12-6-2;/h5-12H2,1-4H3;1H. The SMILES string of the molecule is CCCCCCCC(=O)N[N+](C)(C)CCC.[Cl-]. The molecule has 0 saturated heterocycles. The quantitative estimate of drug-likeness (QED) is 0.351. The number of carbonyl (C=O) groups excluding carboxylic acids is 1. The highest BCUT2D eigenvalue weighted by molar-refractivity contribution is 5.74. The lowest BCUT2D eigenvalue weighted by Crippen LogP contribution is -3.00. The number of amides is 1. The van der Waals surface area contributed by atoms with Crippen LogP contribution in [0.15, 0.2) is 0 Å². The van der Waals surface area contributed by atoms with E-state index in [2.05, 4.69) is 19.3 Å². The van der Waals surface area contributed by atoms with Gasteiger partial charge in [-0.05, 0) is 12.8 Å². The van der Waals surface area contributed by atoms with Crippen molar-refractivity contribution in [2.24, 2.45) is 0 Å². The van der Waals surface area contributed by atoms with Crippen LogP contribution in [-0.2, 0) is 4.79 Å². The van der Waals surface area contributed by atoms with Crippen molar-refractivity contribution < 1.29 is 21.8 Å². The molecule has 3 nitrogen and oxygen atoms in total. The van der Waals surface area contributed by atoms with E-state index in [4.69, 9.17) is 0 Å². The molecule has 0 aliphatic rings. The van der Waals surface area contributed by atoms with Crippen molar-refractivity contribution in [3.8, 4) is 0 Å². The van der Waals surface area contributed by atoms with Crippen LogP contribution >= 0.6 is 0 Å². The van der Waals surface area contributed by atoms with Crippen molar-refractivity contribution in [3.63, 3.8) is 0 Å². The van der Waals surface area contributed by atoms with Crippen molar-refractivity contribution in [2.45, 2.75) is 58.8 Å². The van der Waals surface area contributed by atoms with E-state index in [-0.39, 0.29) is 18.3 Å². The zero-order chi connectivity index (χ0) is 12.4. The normalized spacial score (nSPS) is 10.8. The van der Waals surface area contributed by atoms with Crippen molar-refractivity contribution in [1.29, 1.82) is 0 Å². The third-order valence-corrected chi connectivity index (χ3v) is 2.72. The molecule has 17 heavy (non-hydrogen) atoms. The van der Waals surface area contributed by atoms with Gasteiger partial charge in [-0.2, -0.15) is 0 Å². The first-order chi connectivity index (χ1) is 7.52. The third-order valence-electron chi connectivity index (χ3n) is 2.72. The van der Waals surface area contributed by atoms with Gasteiger partial charge in [0.1, 0.15) is 6.54 Å². The molecule has 0 saturated carbocycles. The highest BCUT2D eigenvalue weighted by Crippen LogP contribution is 2.05. The van der Waals surface area contributed by atoms with E-state index < -0.39 is 0 Å². The second kappa shape index (κ2) is 10.8. The molecule has 0 spiro atoms. The van der Waals surface area contributed by atoms with Gasteiger partial charge in [0.15, 0.2) is 0 Å². The van der Waals surface area contributed by atoms with E-state index in [1.807, 2.05) is 14.1 Å². The van der Waals surface area contributed by atoms with E-state index in [1.54, 1.807) is 0 Å². The van der Waals surface area contributed by atoms with Crippen molar-refractivity contribution in [1.82, 2.24) is 5.43 Å². The summed E-state index contributed by atoms with van der Waals surface area (Å²) in [5, 5.41) is 0. The van der Waals surface area contributed by atoms with Gasteiger partial charge in [-0.15, -0.1) is 0 Å². The van der Waals surface area contributed by atoms with E-state index in [1.165, 1.54) is 25.7 Å². The van der Waals surface area contributed by atoms with Crippen LogP contribution in [0.1, 0.15) is 58.8 Å². The van der Waals surface area contributed by atoms with Crippen LogP contribution in [-0.4, -0.2) is 31.1 Å². The van der Waals surface area contributed by atoms with E-state index in [0.717, 1.165) is 19.4 Å². The summed E-state index contributed by atoms with van der Waals surface area (Å²) < 4.78 is 0.601. The predicted octanol–water partition coefficient (Wildman–Crippen LogP) is -0.131. The molecule has 0 aliphatic carbocycles. The number of carbonyl (C=O) groups is 1. The molecule has 0 unspecified atom stereocenters.